The number of hydrogen-bond donors (Lipinski definition) is 0. The second-order valence-corrected chi connectivity index (χ2v) is 9.64. The van der Waals surface area contributed by atoms with E-state index in [0.29, 0.717) is 23.8 Å². The van der Waals surface area contributed by atoms with E-state index in [4.69, 9.17) is 11.6 Å². The van der Waals surface area contributed by atoms with Crippen LogP contribution in [0.5, 0.6) is 0 Å². The van der Waals surface area contributed by atoms with Crippen LogP contribution in [-0.2, 0) is 32.7 Å². The minimum absolute atomic E-state index is 0.286. The summed E-state index contributed by atoms with van der Waals surface area (Å²) >= 11 is 7.74. The van der Waals surface area contributed by atoms with E-state index in [9.17, 15) is 4.39 Å². The summed E-state index contributed by atoms with van der Waals surface area (Å²) in [5.74, 6) is 0.620. The molecular formula is C23H20ClFN6S. The summed E-state index contributed by atoms with van der Waals surface area (Å²) < 4.78 is 16.5. The number of pyridine rings is 1. The molecule has 0 spiro atoms. The molecule has 0 saturated heterocycles. The first kappa shape index (κ1) is 19.8. The summed E-state index contributed by atoms with van der Waals surface area (Å²) in [5.41, 5.74) is 4.20. The van der Waals surface area contributed by atoms with Crippen LogP contribution >= 0.6 is 22.9 Å². The Kier molecular flexibility index (Phi) is 4.93. The van der Waals surface area contributed by atoms with Gasteiger partial charge >= 0.3 is 0 Å². The van der Waals surface area contributed by atoms with Crippen molar-refractivity contribution in [1.29, 1.82) is 0 Å². The normalized spacial score (nSPS) is 15.4. The van der Waals surface area contributed by atoms with E-state index in [1.54, 1.807) is 29.8 Å². The quantitative estimate of drug-likeness (QED) is 0.435. The van der Waals surface area contributed by atoms with Gasteiger partial charge in [0.2, 0.25) is 0 Å². The Bertz CT molecular complexity index is 1290. The molecule has 5 heterocycles. The molecule has 0 unspecified atom stereocenters. The summed E-state index contributed by atoms with van der Waals surface area (Å²) in [5, 5.41) is 5.97. The highest BCUT2D eigenvalue weighted by Gasteiger charge is 2.33. The van der Waals surface area contributed by atoms with Gasteiger partial charge < -0.3 is 4.90 Å². The number of anilines is 1. The molecule has 162 valence electrons. The fourth-order valence-corrected chi connectivity index (χ4v) is 6.05. The number of nitrogens with zero attached hydrogens (tertiary/aromatic N) is 6. The smallest absolute Gasteiger partial charge is 0.163 e. The van der Waals surface area contributed by atoms with Crippen molar-refractivity contribution in [3.63, 3.8) is 0 Å². The molecule has 0 aliphatic carbocycles. The molecule has 6 rings (SSSR count). The Labute approximate surface area is 193 Å². The molecule has 32 heavy (non-hydrogen) atoms. The molecule has 0 bridgehead atoms. The Morgan fingerprint density at radius 1 is 1.12 bits per heavy atom. The first-order chi connectivity index (χ1) is 15.7. The van der Waals surface area contributed by atoms with E-state index in [1.165, 1.54) is 16.5 Å². The predicted octanol–water partition coefficient (Wildman–Crippen LogP) is 4.73. The second-order valence-electron chi connectivity index (χ2n) is 8.12. The zero-order valence-electron chi connectivity index (χ0n) is 17.2. The molecule has 0 atom stereocenters. The van der Waals surface area contributed by atoms with Crippen LogP contribution in [0.25, 0.3) is 11.4 Å². The van der Waals surface area contributed by atoms with Crippen molar-refractivity contribution in [2.24, 2.45) is 0 Å². The molecule has 9 heteroatoms. The zero-order valence-corrected chi connectivity index (χ0v) is 18.8. The van der Waals surface area contributed by atoms with Crippen LogP contribution in [0.2, 0.25) is 5.02 Å². The third-order valence-electron chi connectivity index (χ3n) is 6.04. The van der Waals surface area contributed by atoms with E-state index in [-0.39, 0.29) is 5.82 Å². The molecule has 6 nitrogen and oxygen atoms in total. The maximum absolute atomic E-state index is 14.5. The molecule has 2 aliphatic heterocycles. The van der Waals surface area contributed by atoms with Gasteiger partial charge in [0.25, 0.3) is 0 Å². The van der Waals surface area contributed by atoms with E-state index < -0.39 is 0 Å². The number of halogens is 2. The maximum Gasteiger partial charge on any atom is 0.163 e. The van der Waals surface area contributed by atoms with Crippen molar-refractivity contribution in [2.45, 2.75) is 32.7 Å². The van der Waals surface area contributed by atoms with Gasteiger partial charge in [-0.15, -0.1) is 11.3 Å². The molecule has 0 N–H and O–H groups in total. The van der Waals surface area contributed by atoms with E-state index in [1.807, 2.05) is 23.0 Å². The number of rotatable bonds is 4. The number of thiophene rings is 1. The van der Waals surface area contributed by atoms with Crippen LogP contribution in [0, 0.1) is 5.82 Å². The van der Waals surface area contributed by atoms with E-state index in [0.717, 1.165) is 48.1 Å². The Morgan fingerprint density at radius 3 is 2.91 bits per heavy atom. The monoisotopic (exact) mass is 466 g/mol. The van der Waals surface area contributed by atoms with Crippen LogP contribution in [0.15, 0.2) is 48.9 Å². The molecule has 3 aromatic heterocycles. The standard InChI is InChI=1S/C23H20ClFN6S/c24-16-5-4-15(19(25)9-16)10-30-14-31-22(27-13-28-31)21-18-6-8-29(12-20(18)32-23(21)30)11-17-3-1-2-7-26-17/h1-5,7,9,13H,6,8,10-12,14H2. The van der Waals surface area contributed by atoms with Crippen molar-refractivity contribution in [3.8, 4) is 11.4 Å². The SMILES string of the molecule is Fc1cc(Cl)ccc1CN1Cn2ncnc2-c2c1sc1c2CCN(Cc2ccccn2)C1. The van der Waals surface area contributed by atoms with Crippen LogP contribution in [0.4, 0.5) is 9.39 Å². The lowest BCUT2D eigenvalue weighted by atomic mass is 10.0. The topological polar surface area (TPSA) is 50.1 Å². The largest absolute Gasteiger partial charge is 0.339 e. The molecule has 2 aliphatic rings. The minimum Gasteiger partial charge on any atom is -0.339 e. The molecule has 4 aromatic rings. The molecule has 1 aromatic carbocycles. The van der Waals surface area contributed by atoms with Gasteiger partial charge in [0, 0.05) is 47.8 Å². The lowest BCUT2D eigenvalue weighted by Gasteiger charge is -2.30. The highest BCUT2D eigenvalue weighted by molar-refractivity contribution is 7.17. The van der Waals surface area contributed by atoms with Gasteiger partial charge in [0.1, 0.15) is 23.8 Å². The summed E-state index contributed by atoms with van der Waals surface area (Å²) in [7, 11) is 0. The average molecular weight is 467 g/mol. The van der Waals surface area contributed by atoms with Gasteiger partial charge in [-0.2, -0.15) is 5.10 Å². The Hall–Kier alpha value is -2.81. The minimum atomic E-state index is -0.286. The predicted molar refractivity (Wildman–Crippen MR) is 123 cm³/mol. The van der Waals surface area contributed by atoms with Gasteiger partial charge in [0.15, 0.2) is 5.82 Å². The summed E-state index contributed by atoms with van der Waals surface area (Å²) in [6.07, 6.45) is 4.39. The van der Waals surface area contributed by atoms with Gasteiger partial charge in [0.05, 0.1) is 11.3 Å². The zero-order chi connectivity index (χ0) is 21.7. The molecule has 0 saturated carbocycles. The van der Waals surface area contributed by atoms with E-state index in [2.05, 4.69) is 30.9 Å². The fraction of sp³-hybridized carbons (Fsp3) is 0.261. The first-order valence-corrected chi connectivity index (χ1v) is 11.7. The Balaban J connectivity index is 1.34. The third kappa shape index (κ3) is 3.48. The van der Waals surface area contributed by atoms with Gasteiger partial charge in [-0.05, 0) is 36.2 Å². The number of fused-ring (bicyclic) bond motifs is 5. The first-order valence-electron chi connectivity index (χ1n) is 10.5. The third-order valence-corrected chi connectivity index (χ3v) is 7.55. The number of hydrogen-bond acceptors (Lipinski definition) is 6. The van der Waals surface area contributed by atoms with Crippen LogP contribution < -0.4 is 4.90 Å². The highest BCUT2D eigenvalue weighted by atomic mass is 35.5. The second kappa shape index (κ2) is 7.95. The molecule has 0 fully saturated rings. The summed E-state index contributed by atoms with van der Waals surface area (Å²) in [6.45, 7) is 3.67. The van der Waals surface area contributed by atoms with Gasteiger partial charge in [-0.3, -0.25) is 9.88 Å². The van der Waals surface area contributed by atoms with Crippen LogP contribution in [-0.4, -0.2) is 31.2 Å². The van der Waals surface area contributed by atoms with Gasteiger partial charge in [-0.1, -0.05) is 23.7 Å². The Morgan fingerprint density at radius 2 is 2.06 bits per heavy atom. The lowest BCUT2D eigenvalue weighted by Crippen LogP contribution is -2.31. The van der Waals surface area contributed by atoms with Gasteiger partial charge in [-0.25, -0.2) is 14.1 Å². The fourth-order valence-electron chi connectivity index (χ4n) is 4.52. The molecule has 0 radical (unpaired) electrons. The van der Waals surface area contributed by atoms with Crippen molar-refractivity contribution >= 4 is 27.9 Å². The molecular weight excluding hydrogens is 447 g/mol. The lowest BCUT2D eigenvalue weighted by molar-refractivity contribution is 0.246. The van der Waals surface area contributed by atoms with Crippen molar-refractivity contribution in [2.75, 3.05) is 11.4 Å². The number of aromatic nitrogens is 4. The summed E-state index contributed by atoms with van der Waals surface area (Å²) in [6, 6.07) is 10.9. The van der Waals surface area contributed by atoms with Crippen LogP contribution in [0.3, 0.4) is 0 Å². The maximum atomic E-state index is 14.5. The van der Waals surface area contributed by atoms with Crippen molar-refractivity contribution < 1.29 is 4.39 Å². The number of benzene rings is 1. The summed E-state index contributed by atoms with van der Waals surface area (Å²) in [4.78, 5) is 15.0. The van der Waals surface area contributed by atoms with Crippen molar-refractivity contribution in [3.05, 3.63) is 81.5 Å². The van der Waals surface area contributed by atoms with Crippen LogP contribution in [0.1, 0.15) is 21.7 Å². The van der Waals surface area contributed by atoms with Crippen molar-refractivity contribution in [1.82, 2.24) is 24.6 Å². The average Bonchev–Trinajstić information content (AvgIpc) is 3.40. The van der Waals surface area contributed by atoms with E-state index >= 15 is 0 Å². The molecule has 0 amide bonds. The highest BCUT2D eigenvalue weighted by Crippen LogP contribution is 2.47.